The number of alkyl halides is 1. The number of ketones is 1. The minimum atomic E-state index is 0.218. The van der Waals surface area contributed by atoms with E-state index < -0.39 is 0 Å². The standard InChI is InChI=1S/C12H11BrO/c13-11-8-10(11)12(14)7-6-9-4-2-1-3-5-9/h1-7,10-11H,8H2/b7-6-/t10-,11-/m0/s1. The summed E-state index contributed by atoms with van der Waals surface area (Å²) in [5.74, 6) is 0.450. The molecule has 1 aromatic carbocycles. The number of hydrogen-bond acceptors (Lipinski definition) is 1. The number of carbonyl (C=O) groups is 1. The fraction of sp³-hybridized carbons (Fsp3) is 0.250. The van der Waals surface area contributed by atoms with Crippen molar-refractivity contribution in [3.63, 3.8) is 0 Å². The summed E-state index contributed by atoms with van der Waals surface area (Å²) < 4.78 is 0. The van der Waals surface area contributed by atoms with Crippen molar-refractivity contribution in [2.24, 2.45) is 5.92 Å². The summed E-state index contributed by atoms with van der Waals surface area (Å²) in [4.78, 5) is 11.9. The van der Waals surface area contributed by atoms with Gasteiger partial charge < -0.3 is 0 Å². The number of allylic oxidation sites excluding steroid dienone is 1. The van der Waals surface area contributed by atoms with Gasteiger partial charge in [0.1, 0.15) is 0 Å². The number of benzene rings is 1. The molecule has 0 amide bonds. The van der Waals surface area contributed by atoms with Gasteiger partial charge in [-0.3, -0.25) is 4.79 Å². The number of rotatable bonds is 3. The SMILES string of the molecule is O=C(/C=C\c1ccccc1)[C@H]1C[C@@H]1Br. The summed E-state index contributed by atoms with van der Waals surface area (Å²) in [5, 5.41) is 0. The summed E-state index contributed by atoms with van der Waals surface area (Å²) in [7, 11) is 0. The average Bonchev–Trinajstić information content (AvgIpc) is 2.94. The largest absolute Gasteiger partial charge is 0.295 e. The molecule has 1 nitrogen and oxygen atoms in total. The summed E-state index contributed by atoms with van der Waals surface area (Å²) in [6, 6.07) is 9.88. The van der Waals surface area contributed by atoms with Gasteiger partial charge in [0.05, 0.1) is 0 Å². The van der Waals surface area contributed by atoms with Crippen molar-refractivity contribution in [2.75, 3.05) is 0 Å². The van der Waals surface area contributed by atoms with E-state index in [1.807, 2.05) is 36.4 Å². The van der Waals surface area contributed by atoms with Gasteiger partial charge in [-0.15, -0.1) is 0 Å². The van der Waals surface area contributed by atoms with Crippen molar-refractivity contribution < 1.29 is 4.79 Å². The number of halogens is 1. The van der Waals surface area contributed by atoms with Crippen LogP contribution >= 0.6 is 15.9 Å². The highest BCUT2D eigenvalue weighted by Gasteiger charge is 2.39. The van der Waals surface area contributed by atoms with Gasteiger partial charge in [-0.05, 0) is 18.1 Å². The van der Waals surface area contributed by atoms with Crippen molar-refractivity contribution in [3.05, 3.63) is 42.0 Å². The molecule has 2 atom stereocenters. The molecule has 14 heavy (non-hydrogen) atoms. The Morgan fingerprint density at radius 1 is 1.36 bits per heavy atom. The maximum atomic E-state index is 11.5. The van der Waals surface area contributed by atoms with Crippen LogP contribution in [0.1, 0.15) is 12.0 Å². The second kappa shape index (κ2) is 4.09. The van der Waals surface area contributed by atoms with Crippen LogP contribution in [0.2, 0.25) is 0 Å². The molecule has 0 heterocycles. The smallest absolute Gasteiger partial charge is 0.159 e. The second-order valence-electron chi connectivity index (χ2n) is 3.50. The second-order valence-corrected chi connectivity index (χ2v) is 4.68. The minimum Gasteiger partial charge on any atom is -0.295 e. The molecule has 0 saturated heterocycles. The van der Waals surface area contributed by atoms with E-state index in [9.17, 15) is 4.79 Å². The minimum absolute atomic E-state index is 0.218. The molecule has 1 aliphatic rings. The van der Waals surface area contributed by atoms with E-state index in [1.54, 1.807) is 6.08 Å². The van der Waals surface area contributed by atoms with Crippen molar-refractivity contribution in [1.29, 1.82) is 0 Å². The van der Waals surface area contributed by atoms with Crippen molar-refractivity contribution in [2.45, 2.75) is 11.2 Å². The van der Waals surface area contributed by atoms with Gasteiger partial charge in [-0.2, -0.15) is 0 Å². The highest BCUT2D eigenvalue weighted by Crippen LogP contribution is 2.38. The zero-order valence-corrected chi connectivity index (χ0v) is 9.28. The fourth-order valence-electron chi connectivity index (χ4n) is 1.32. The molecule has 72 valence electrons. The fourth-order valence-corrected chi connectivity index (χ4v) is 1.99. The molecule has 1 aromatic rings. The molecule has 2 heteroatoms. The Labute approximate surface area is 92.0 Å². The maximum Gasteiger partial charge on any atom is 0.159 e. The zero-order valence-electron chi connectivity index (χ0n) is 7.69. The van der Waals surface area contributed by atoms with Gasteiger partial charge in [0, 0.05) is 10.7 Å². The molecular weight excluding hydrogens is 240 g/mol. The van der Waals surface area contributed by atoms with E-state index >= 15 is 0 Å². The van der Waals surface area contributed by atoms with Gasteiger partial charge >= 0.3 is 0 Å². The molecular formula is C12H11BrO. The third kappa shape index (κ3) is 2.32. The zero-order chi connectivity index (χ0) is 9.97. The van der Waals surface area contributed by atoms with Crippen LogP contribution in [0.25, 0.3) is 6.08 Å². The van der Waals surface area contributed by atoms with E-state index in [0.29, 0.717) is 4.83 Å². The predicted octanol–water partition coefficient (Wildman–Crippen LogP) is 3.05. The van der Waals surface area contributed by atoms with E-state index in [1.165, 1.54) is 0 Å². The first kappa shape index (κ1) is 9.66. The molecule has 1 fully saturated rings. The molecule has 1 aliphatic carbocycles. The van der Waals surface area contributed by atoms with E-state index in [4.69, 9.17) is 0 Å². The Kier molecular flexibility index (Phi) is 2.82. The molecule has 0 aromatic heterocycles. The monoisotopic (exact) mass is 250 g/mol. The first-order chi connectivity index (χ1) is 6.77. The lowest BCUT2D eigenvalue weighted by atomic mass is 10.1. The highest BCUT2D eigenvalue weighted by molar-refractivity contribution is 9.09. The van der Waals surface area contributed by atoms with Crippen LogP contribution in [0.3, 0.4) is 0 Å². The van der Waals surface area contributed by atoms with Crippen LogP contribution in [-0.2, 0) is 4.79 Å². The van der Waals surface area contributed by atoms with Gasteiger partial charge in [-0.1, -0.05) is 52.3 Å². The van der Waals surface area contributed by atoms with Crippen molar-refractivity contribution >= 4 is 27.8 Å². The van der Waals surface area contributed by atoms with E-state index in [2.05, 4.69) is 15.9 Å². The molecule has 1 saturated carbocycles. The maximum absolute atomic E-state index is 11.5. The Morgan fingerprint density at radius 3 is 2.57 bits per heavy atom. The lowest BCUT2D eigenvalue weighted by molar-refractivity contribution is -0.115. The lowest BCUT2D eigenvalue weighted by Crippen LogP contribution is -1.96. The first-order valence-electron chi connectivity index (χ1n) is 4.68. The number of carbonyl (C=O) groups excluding carboxylic acids is 1. The normalized spacial score (nSPS) is 25.2. The third-order valence-electron chi connectivity index (χ3n) is 2.32. The van der Waals surface area contributed by atoms with Crippen LogP contribution in [0, 0.1) is 5.92 Å². The van der Waals surface area contributed by atoms with Gasteiger partial charge in [0.2, 0.25) is 0 Å². The van der Waals surface area contributed by atoms with Crippen molar-refractivity contribution in [1.82, 2.24) is 0 Å². The Balaban J connectivity index is 1.97. The summed E-state index contributed by atoms with van der Waals surface area (Å²) >= 11 is 3.42. The lowest BCUT2D eigenvalue weighted by Gasteiger charge is -1.91. The van der Waals surface area contributed by atoms with Crippen LogP contribution in [0.15, 0.2) is 36.4 Å². The molecule has 0 bridgehead atoms. The van der Waals surface area contributed by atoms with Gasteiger partial charge in [0.25, 0.3) is 0 Å². The van der Waals surface area contributed by atoms with Crippen LogP contribution in [0.4, 0.5) is 0 Å². The summed E-state index contributed by atoms with van der Waals surface area (Å²) in [6.07, 6.45) is 4.54. The molecule has 0 unspecified atom stereocenters. The molecule has 2 rings (SSSR count). The first-order valence-corrected chi connectivity index (χ1v) is 5.60. The molecule has 0 aliphatic heterocycles. The average molecular weight is 251 g/mol. The van der Waals surface area contributed by atoms with Crippen LogP contribution in [-0.4, -0.2) is 10.6 Å². The summed E-state index contributed by atoms with van der Waals surface area (Å²) in [6.45, 7) is 0. The van der Waals surface area contributed by atoms with Crippen molar-refractivity contribution in [3.8, 4) is 0 Å². The van der Waals surface area contributed by atoms with E-state index in [-0.39, 0.29) is 11.7 Å². The predicted molar refractivity (Wildman–Crippen MR) is 61.3 cm³/mol. The Bertz CT molecular complexity index is 356. The summed E-state index contributed by atoms with van der Waals surface area (Å²) in [5.41, 5.74) is 1.08. The third-order valence-corrected chi connectivity index (χ3v) is 3.33. The quantitative estimate of drug-likeness (QED) is 0.596. The molecule has 0 radical (unpaired) electrons. The van der Waals surface area contributed by atoms with E-state index in [0.717, 1.165) is 12.0 Å². The van der Waals surface area contributed by atoms with Crippen LogP contribution < -0.4 is 0 Å². The molecule has 0 N–H and O–H groups in total. The Hall–Kier alpha value is -0.890. The van der Waals surface area contributed by atoms with Gasteiger partial charge in [-0.25, -0.2) is 0 Å². The Morgan fingerprint density at radius 2 is 2.00 bits per heavy atom. The number of hydrogen-bond donors (Lipinski definition) is 0. The van der Waals surface area contributed by atoms with Crippen LogP contribution in [0.5, 0.6) is 0 Å². The highest BCUT2D eigenvalue weighted by atomic mass is 79.9. The van der Waals surface area contributed by atoms with Gasteiger partial charge in [0.15, 0.2) is 5.78 Å². The topological polar surface area (TPSA) is 17.1 Å². The molecule has 0 spiro atoms.